The number of hydrogen-bond donors (Lipinski definition) is 1. The van der Waals surface area contributed by atoms with Crippen molar-refractivity contribution in [2.45, 2.75) is 36.8 Å². The maximum absolute atomic E-state index is 12.1. The van der Waals surface area contributed by atoms with Gasteiger partial charge in [0.25, 0.3) is 15.0 Å². The summed E-state index contributed by atoms with van der Waals surface area (Å²) in [6.07, 6.45) is 1.70. The van der Waals surface area contributed by atoms with Gasteiger partial charge in [0.15, 0.2) is 0 Å². The highest BCUT2D eigenvalue weighted by molar-refractivity contribution is 8.13. The summed E-state index contributed by atoms with van der Waals surface area (Å²) in [5.41, 5.74) is 0.207. The van der Waals surface area contributed by atoms with Gasteiger partial charge in [-0.3, -0.25) is 4.79 Å². The molecule has 1 amide bonds. The molecule has 0 aromatic heterocycles. The molecule has 1 aromatic carbocycles. The van der Waals surface area contributed by atoms with Gasteiger partial charge in [0.05, 0.1) is 11.1 Å². The van der Waals surface area contributed by atoms with E-state index >= 15 is 0 Å². The van der Waals surface area contributed by atoms with Crippen molar-refractivity contribution < 1.29 is 17.9 Å². The number of halogens is 2. The molecule has 0 saturated heterocycles. The van der Waals surface area contributed by atoms with E-state index in [0.29, 0.717) is 6.61 Å². The predicted octanol–water partition coefficient (Wildman–Crippen LogP) is 2.56. The van der Waals surface area contributed by atoms with E-state index < -0.39 is 9.05 Å². The molecule has 1 aromatic rings. The molecule has 0 atom stereocenters. The lowest BCUT2D eigenvalue weighted by molar-refractivity contribution is -0.00862. The lowest BCUT2D eigenvalue weighted by atomic mass is 9.89. The first-order valence-corrected chi connectivity index (χ1v) is 9.16. The summed E-state index contributed by atoms with van der Waals surface area (Å²) < 4.78 is 28.1. The standard InChI is InChI=1S/C13H15Cl2NO4S/c1-2-20-10-6-9(7-10)16-13(17)8-3-4-11(14)12(5-8)21(15,18)19/h3-5,9-10H,2,6-7H2,1H3,(H,16,17). The third-order valence-corrected chi connectivity index (χ3v) is 5.09. The van der Waals surface area contributed by atoms with Crippen molar-refractivity contribution in [3.63, 3.8) is 0 Å². The first kappa shape index (κ1) is 16.5. The number of nitrogens with one attached hydrogen (secondary N) is 1. The Balaban J connectivity index is 2.04. The first-order chi connectivity index (χ1) is 9.81. The second-order valence-corrected chi connectivity index (χ2v) is 7.74. The van der Waals surface area contributed by atoms with Crippen molar-refractivity contribution in [2.24, 2.45) is 0 Å². The molecule has 1 N–H and O–H groups in total. The van der Waals surface area contributed by atoms with Crippen LogP contribution in [0.25, 0.3) is 0 Å². The fourth-order valence-electron chi connectivity index (χ4n) is 2.16. The van der Waals surface area contributed by atoms with E-state index in [1.807, 2.05) is 6.92 Å². The first-order valence-electron chi connectivity index (χ1n) is 6.48. The van der Waals surface area contributed by atoms with Crippen LogP contribution < -0.4 is 5.32 Å². The largest absolute Gasteiger partial charge is 0.378 e. The summed E-state index contributed by atoms with van der Waals surface area (Å²) in [5, 5.41) is 2.81. The van der Waals surface area contributed by atoms with Gasteiger partial charge in [-0.25, -0.2) is 8.42 Å². The smallest absolute Gasteiger partial charge is 0.262 e. The maximum Gasteiger partial charge on any atom is 0.262 e. The van der Waals surface area contributed by atoms with Crippen LogP contribution in [-0.4, -0.2) is 33.1 Å². The van der Waals surface area contributed by atoms with E-state index in [1.165, 1.54) is 18.2 Å². The molecule has 8 heteroatoms. The van der Waals surface area contributed by atoms with Gasteiger partial charge >= 0.3 is 0 Å². The molecule has 0 spiro atoms. The summed E-state index contributed by atoms with van der Waals surface area (Å²) in [5.74, 6) is -0.354. The van der Waals surface area contributed by atoms with Crippen molar-refractivity contribution in [1.82, 2.24) is 5.32 Å². The molecule has 1 aliphatic rings. The Hall–Kier alpha value is -0.820. The van der Waals surface area contributed by atoms with Crippen LogP contribution in [0.3, 0.4) is 0 Å². The Morgan fingerprint density at radius 2 is 2.10 bits per heavy atom. The molecule has 1 saturated carbocycles. The van der Waals surface area contributed by atoms with Crippen molar-refractivity contribution in [1.29, 1.82) is 0 Å². The second kappa shape index (κ2) is 6.52. The molecular weight excluding hydrogens is 337 g/mol. The van der Waals surface area contributed by atoms with Gasteiger partial charge in [0.1, 0.15) is 4.90 Å². The van der Waals surface area contributed by atoms with Crippen molar-refractivity contribution in [2.75, 3.05) is 6.61 Å². The van der Waals surface area contributed by atoms with E-state index in [9.17, 15) is 13.2 Å². The number of hydrogen-bond acceptors (Lipinski definition) is 4. The van der Waals surface area contributed by atoms with Gasteiger partial charge in [-0.15, -0.1) is 0 Å². The normalized spacial score (nSPS) is 21.7. The van der Waals surface area contributed by atoms with Crippen LogP contribution in [0.1, 0.15) is 30.1 Å². The Morgan fingerprint density at radius 3 is 2.67 bits per heavy atom. The number of amides is 1. The average Bonchev–Trinajstić information content (AvgIpc) is 2.35. The van der Waals surface area contributed by atoms with Crippen LogP contribution in [-0.2, 0) is 13.8 Å². The Kier molecular flexibility index (Phi) is 5.14. The summed E-state index contributed by atoms with van der Waals surface area (Å²) in [6, 6.07) is 4.02. The van der Waals surface area contributed by atoms with E-state index in [1.54, 1.807) is 0 Å². The molecule has 116 valence electrons. The topological polar surface area (TPSA) is 72.5 Å². The average molecular weight is 352 g/mol. The van der Waals surface area contributed by atoms with E-state index in [-0.39, 0.29) is 33.5 Å². The highest BCUT2D eigenvalue weighted by Gasteiger charge is 2.31. The summed E-state index contributed by atoms with van der Waals surface area (Å²) in [7, 11) is 1.29. The zero-order valence-corrected chi connectivity index (χ0v) is 13.6. The quantitative estimate of drug-likeness (QED) is 0.827. The third-order valence-electron chi connectivity index (χ3n) is 3.29. The number of carbonyl (C=O) groups is 1. The van der Waals surface area contributed by atoms with Crippen LogP contribution in [0.4, 0.5) is 0 Å². The SMILES string of the molecule is CCOC1CC(NC(=O)c2ccc(Cl)c(S(=O)(=O)Cl)c2)C1. The number of rotatable bonds is 5. The zero-order valence-electron chi connectivity index (χ0n) is 11.3. The van der Waals surface area contributed by atoms with Crippen molar-refractivity contribution in [3.05, 3.63) is 28.8 Å². The number of ether oxygens (including phenoxy) is 1. The van der Waals surface area contributed by atoms with E-state index in [4.69, 9.17) is 27.0 Å². The summed E-state index contributed by atoms with van der Waals surface area (Å²) >= 11 is 5.77. The Bertz CT molecular complexity index is 642. The molecule has 21 heavy (non-hydrogen) atoms. The van der Waals surface area contributed by atoms with E-state index in [0.717, 1.165) is 12.8 Å². The second-order valence-electron chi connectivity index (χ2n) is 4.80. The fraction of sp³-hybridized carbons (Fsp3) is 0.462. The van der Waals surface area contributed by atoms with Gasteiger partial charge in [0.2, 0.25) is 0 Å². The minimum Gasteiger partial charge on any atom is -0.378 e. The van der Waals surface area contributed by atoms with E-state index in [2.05, 4.69) is 5.32 Å². The fourth-order valence-corrected chi connectivity index (χ4v) is 3.65. The lowest BCUT2D eigenvalue weighted by Gasteiger charge is -2.35. The molecule has 5 nitrogen and oxygen atoms in total. The molecular formula is C13H15Cl2NO4S. The molecule has 1 aliphatic carbocycles. The number of carbonyl (C=O) groups excluding carboxylic acids is 1. The van der Waals surface area contributed by atoms with Gasteiger partial charge in [-0.05, 0) is 38.0 Å². The van der Waals surface area contributed by atoms with Crippen LogP contribution in [0.15, 0.2) is 23.1 Å². The highest BCUT2D eigenvalue weighted by Crippen LogP contribution is 2.27. The molecule has 1 fully saturated rings. The van der Waals surface area contributed by atoms with Crippen molar-refractivity contribution in [3.8, 4) is 0 Å². The van der Waals surface area contributed by atoms with Crippen molar-refractivity contribution >= 4 is 37.2 Å². The lowest BCUT2D eigenvalue weighted by Crippen LogP contribution is -2.47. The molecule has 0 aliphatic heterocycles. The predicted molar refractivity (Wildman–Crippen MR) is 80.4 cm³/mol. The van der Waals surface area contributed by atoms with Gasteiger partial charge in [-0.2, -0.15) is 0 Å². The highest BCUT2D eigenvalue weighted by atomic mass is 35.7. The molecule has 0 radical (unpaired) electrons. The zero-order chi connectivity index (χ0) is 15.6. The van der Waals surface area contributed by atoms with Crippen LogP contribution in [0.2, 0.25) is 5.02 Å². The maximum atomic E-state index is 12.1. The van der Waals surface area contributed by atoms with Crippen LogP contribution in [0, 0.1) is 0 Å². The van der Waals surface area contributed by atoms with Gasteiger partial charge < -0.3 is 10.1 Å². The summed E-state index contributed by atoms with van der Waals surface area (Å²) in [6.45, 7) is 2.58. The summed E-state index contributed by atoms with van der Waals surface area (Å²) in [4.78, 5) is 11.8. The molecule has 0 heterocycles. The van der Waals surface area contributed by atoms with Gasteiger partial charge in [0, 0.05) is 28.9 Å². The van der Waals surface area contributed by atoms with Crippen LogP contribution >= 0.6 is 22.3 Å². The Labute approximate surface area is 133 Å². The molecule has 2 rings (SSSR count). The minimum absolute atomic E-state index is 0.0124. The molecule has 0 bridgehead atoms. The van der Waals surface area contributed by atoms with Crippen LogP contribution in [0.5, 0.6) is 0 Å². The minimum atomic E-state index is -3.99. The third kappa shape index (κ3) is 4.10. The molecule has 0 unspecified atom stereocenters. The number of benzene rings is 1. The van der Waals surface area contributed by atoms with Gasteiger partial charge in [-0.1, -0.05) is 11.6 Å². The Morgan fingerprint density at radius 1 is 1.43 bits per heavy atom. The monoisotopic (exact) mass is 351 g/mol.